The Morgan fingerprint density at radius 3 is 2.41 bits per heavy atom. The van der Waals surface area contributed by atoms with Gasteiger partial charge in [-0.3, -0.25) is 9.36 Å². The second-order valence-corrected chi connectivity index (χ2v) is 12.4. The van der Waals surface area contributed by atoms with Crippen molar-refractivity contribution in [2.45, 2.75) is 50.6 Å². The number of anilines is 3. The second kappa shape index (κ2) is 10.8. The van der Waals surface area contributed by atoms with Crippen molar-refractivity contribution in [3.8, 4) is 0 Å². The largest absolute Gasteiger partial charge is 0.369 e. The molecule has 15 heteroatoms. The third kappa shape index (κ3) is 5.77. The van der Waals surface area contributed by atoms with Gasteiger partial charge in [0.05, 0.1) is 23.2 Å². The molecule has 1 aromatic carbocycles. The number of piperidine rings is 1. The summed E-state index contributed by atoms with van der Waals surface area (Å²) >= 11 is 5.71. The summed E-state index contributed by atoms with van der Waals surface area (Å²) in [4.78, 5) is 25.4. The molecule has 3 aromatic rings. The van der Waals surface area contributed by atoms with E-state index in [2.05, 4.69) is 20.6 Å². The van der Waals surface area contributed by atoms with Gasteiger partial charge in [0.15, 0.2) is 17.3 Å². The highest BCUT2D eigenvalue weighted by Crippen LogP contribution is 2.37. The molecule has 1 amide bonds. The Bertz CT molecular complexity index is 1500. The van der Waals surface area contributed by atoms with E-state index in [1.165, 1.54) is 22.7 Å². The first-order chi connectivity index (χ1) is 18.5. The number of carbonyl (C=O) groups is 1. The molecule has 4 N–H and O–H groups in total. The number of hydrogen-bond donors (Lipinski definition) is 3. The molecule has 0 unspecified atom stereocenters. The van der Waals surface area contributed by atoms with E-state index in [4.69, 9.17) is 22.3 Å². The lowest BCUT2D eigenvalue weighted by Crippen LogP contribution is -2.42. The summed E-state index contributed by atoms with van der Waals surface area (Å²) in [6, 6.07) is 2.43. The number of carbonyl (C=O) groups excluding carboxylic acids is 1. The lowest BCUT2D eigenvalue weighted by atomic mass is 9.85. The van der Waals surface area contributed by atoms with Gasteiger partial charge < -0.3 is 16.4 Å². The van der Waals surface area contributed by atoms with Crippen LogP contribution in [-0.2, 0) is 14.8 Å². The van der Waals surface area contributed by atoms with Crippen LogP contribution >= 0.6 is 11.6 Å². The molecule has 2 aromatic heterocycles. The zero-order valence-corrected chi connectivity index (χ0v) is 22.8. The van der Waals surface area contributed by atoms with Crippen LogP contribution < -0.4 is 16.4 Å². The molecule has 2 fully saturated rings. The van der Waals surface area contributed by atoms with E-state index in [0.717, 1.165) is 0 Å². The molecule has 1 saturated carbocycles. The molecule has 3 heterocycles. The number of hydrogen-bond acceptors (Lipinski definition) is 8. The van der Waals surface area contributed by atoms with E-state index in [1.54, 1.807) is 6.20 Å². The number of rotatable bonds is 7. The summed E-state index contributed by atoms with van der Waals surface area (Å²) in [5.74, 6) is -2.26. The number of aromatic nitrogens is 4. The van der Waals surface area contributed by atoms with Crippen LogP contribution in [-0.4, -0.2) is 63.5 Å². The average Bonchev–Trinajstić information content (AvgIpc) is 3.26. The fourth-order valence-corrected chi connectivity index (χ4v) is 6.29. The summed E-state index contributed by atoms with van der Waals surface area (Å²) in [5.41, 5.74) is 6.31. The van der Waals surface area contributed by atoms with Gasteiger partial charge in [-0.05, 0) is 50.7 Å². The van der Waals surface area contributed by atoms with Gasteiger partial charge in [0.2, 0.25) is 27.8 Å². The molecule has 0 radical (unpaired) electrons. The van der Waals surface area contributed by atoms with Gasteiger partial charge in [-0.2, -0.15) is 4.98 Å². The maximum Gasteiger partial charge on any atom is 0.224 e. The third-order valence-electron chi connectivity index (χ3n) is 7.43. The summed E-state index contributed by atoms with van der Waals surface area (Å²) in [6.45, 7) is 0.800. The highest BCUT2D eigenvalue weighted by atomic mass is 35.5. The Morgan fingerprint density at radius 2 is 1.77 bits per heavy atom. The van der Waals surface area contributed by atoms with Crippen molar-refractivity contribution >= 4 is 56.3 Å². The number of nitrogens with zero attached hydrogens (tertiary/aromatic N) is 5. The standard InChI is InChI=1S/C24H29ClF2N8O3S/c1-39(37,38)34-10-8-14(9-11-34)30-23-29-12-18-22(33-23)35(15-4-2-13(3-5-15)21(28)36)24(32-18)31-17-7-6-16(25)19(26)20(17)27/h6-7,12-15H,2-5,8-11H2,1H3,(H2,28,36)(H,31,32)(H,29,30,33). The smallest absolute Gasteiger partial charge is 0.224 e. The van der Waals surface area contributed by atoms with Crippen molar-refractivity contribution in [3.63, 3.8) is 0 Å². The monoisotopic (exact) mass is 582 g/mol. The molecule has 1 aliphatic heterocycles. The van der Waals surface area contributed by atoms with Crippen molar-refractivity contribution in [2.75, 3.05) is 30.0 Å². The van der Waals surface area contributed by atoms with Crippen molar-refractivity contribution < 1.29 is 22.0 Å². The predicted molar refractivity (Wildman–Crippen MR) is 143 cm³/mol. The van der Waals surface area contributed by atoms with E-state index < -0.39 is 21.7 Å². The Kier molecular flexibility index (Phi) is 7.62. The lowest BCUT2D eigenvalue weighted by Gasteiger charge is -2.30. The van der Waals surface area contributed by atoms with Crippen LogP contribution in [0.1, 0.15) is 44.6 Å². The number of fused-ring (bicyclic) bond motifs is 1. The minimum absolute atomic E-state index is 0.0217. The summed E-state index contributed by atoms with van der Waals surface area (Å²) < 4.78 is 55.7. The first-order valence-corrected chi connectivity index (χ1v) is 14.9. The Balaban J connectivity index is 1.45. The topological polar surface area (TPSA) is 148 Å². The molecule has 5 rings (SSSR count). The number of sulfonamides is 1. The first-order valence-electron chi connectivity index (χ1n) is 12.7. The molecule has 0 bridgehead atoms. The van der Waals surface area contributed by atoms with Crippen molar-refractivity contribution in [1.29, 1.82) is 0 Å². The highest BCUT2D eigenvalue weighted by Gasteiger charge is 2.30. The molecule has 39 heavy (non-hydrogen) atoms. The van der Waals surface area contributed by atoms with Crippen LogP contribution in [0.3, 0.4) is 0 Å². The fourth-order valence-electron chi connectivity index (χ4n) is 5.27. The Labute approximate surface area is 229 Å². The molecule has 0 atom stereocenters. The van der Waals surface area contributed by atoms with Crippen molar-refractivity contribution in [1.82, 2.24) is 23.8 Å². The van der Waals surface area contributed by atoms with Gasteiger partial charge in [-0.25, -0.2) is 31.5 Å². The van der Waals surface area contributed by atoms with Gasteiger partial charge in [0.25, 0.3) is 0 Å². The number of nitrogens with two attached hydrogens (primary N) is 1. The van der Waals surface area contributed by atoms with Crippen molar-refractivity contribution in [2.24, 2.45) is 11.7 Å². The normalized spacial score (nSPS) is 21.2. The number of nitrogens with one attached hydrogen (secondary N) is 2. The second-order valence-electron chi connectivity index (χ2n) is 10.0. The van der Waals surface area contributed by atoms with Crippen LogP contribution in [0.15, 0.2) is 18.3 Å². The third-order valence-corrected chi connectivity index (χ3v) is 9.03. The van der Waals surface area contributed by atoms with Crippen LogP contribution in [0.4, 0.5) is 26.4 Å². The number of amides is 1. The molecule has 0 spiro atoms. The molecule has 210 valence electrons. The van der Waals surface area contributed by atoms with Crippen LogP contribution in [0.25, 0.3) is 11.2 Å². The number of imidazole rings is 1. The average molecular weight is 583 g/mol. The highest BCUT2D eigenvalue weighted by molar-refractivity contribution is 7.88. The summed E-state index contributed by atoms with van der Waals surface area (Å²) in [5, 5.41) is 5.84. The molecular formula is C24H29ClF2N8O3S. The number of benzene rings is 1. The number of halogens is 3. The number of primary amides is 1. The lowest BCUT2D eigenvalue weighted by molar-refractivity contribution is -0.122. The van der Waals surface area contributed by atoms with Crippen LogP contribution in [0.2, 0.25) is 5.02 Å². The predicted octanol–water partition coefficient (Wildman–Crippen LogP) is 3.55. The molecular weight excluding hydrogens is 554 g/mol. The minimum Gasteiger partial charge on any atom is -0.369 e. The maximum absolute atomic E-state index is 14.7. The van der Waals surface area contributed by atoms with Crippen molar-refractivity contribution in [3.05, 3.63) is 35.0 Å². The van der Waals surface area contributed by atoms with Crippen LogP contribution in [0, 0.1) is 17.6 Å². The molecule has 1 aliphatic carbocycles. The van der Waals surface area contributed by atoms with Gasteiger partial charge >= 0.3 is 0 Å². The summed E-state index contributed by atoms with van der Waals surface area (Å²) in [6.07, 6.45) is 6.33. The van der Waals surface area contributed by atoms with Gasteiger partial charge in [0.1, 0.15) is 5.52 Å². The van der Waals surface area contributed by atoms with Gasteiger partial charge in [-0.15, -0.1) is 0 Å². The quantitative estimate of drug-likeness (QED) is 0.358. The maximum atomic E-state index is 14.7. The Hall–Kier alpha value is -3.10. The zero-order chi connectivity index (χ0) is 27.9. The molecule has 11 nitrogen and oxygen atoms in total. The SMILES string of the molecule is CS(=O)(=O)N1CCC(Nc2ncc3nc(Nc4ccc(Cl)c(F)c4F)n(C4CCC(C(N)=O)CC4)c3n2)CC1. The first kappa shape index (κ1) is 27.5. The molecule has 2 aliphatic rings. The van der Waals surface area contributed by atoms with Gasteiger partial charge in [0, 0.05) is 31.1 Å². The van der Waals surface area contributed by atoms with E-state index in [0.29, 0.717) is 68.7 Å². The van der Waals surface area contributed by atoms with Crippen LogP contribution in [0.5, 0.6) is 0 Å². The minimum atomic E-state index is -3.24. The van der Waals surface area contributed by atoms with Gasteiger partial charge in [-0.1, -0.05) is 11.6 Å². The zero-order valence-electron chi connectivity index (χ0n) is 21.2. The fraction of sp³-hybridized carbons (Fsp3) is 0.500. The van der Waals surface area contributed by atoms with E-state index in [9.17, 15) is 22.0 Å². The van der Waals surface area contributed by atoms with E-state index >= 15 is 0 Å². The van der Waals surface area contributed by atoms with E-state index in [1.807, 2.05) is 4.57 Å². The van der Waals surface area contributed by atoms with E-state index in [-0.39, 0.29) is 40.6 Å². The summed E-state index contributed by atoms with van der Waals surface area (Å²) in [7, 11) is -3.24. The molecule has 1 saturated heterocycles. The Morgan fingerprint density at radius 1 is 1.08 bits per heavy atom.